The van der Waals surface area contributed by atoms with Crippen LogP contribution in [0.5, 0.6) is 0 Å². The number of carbonyl (C=O) groups is 2. The van der Waals surface area contributed by atoms with Crippen molar-refractivity contribution in [3.05, 3.63) is 53.2 Å². The van der Waals surface area contributed by atoms with E-state index in [-0.39, 0.29) is 24.6 Å². The summed E-state index contributed by atoms with van der Waals surface area (Å²) in [6, 6.07) is 0. The summed E-state index contributed by atoms with van der Waals surface area (Å²) in [7, 11) is 0. The number of aliphatic hydroxyl groups is 1. The van der Waals surface area contributed by atoms with Crippen LogP contribution in [0.3, 0.4) is 0 Å². The minimum Gasteiger partial charge on any atom is -0.503 e. The van der Waals surface area contributed by atoms with E-state index in [0.717, 1.165) is 0 Å². The van der Waals surface area contributed by atoms with Crippen LogP contribution in [0.1, 0.15) is 26.6 Å². The maximum atomic E-state index is 13.9. The average molecular weight is 448 g/mol. The predicted molar refractivity (Wildman–Crippen MR) is 119 cm³/mol. The third-order valence-electron chi connectivity index (χ3n) is 3.75. The number of halogens is 1. The van der Waals surface area contributed by atoms with Crippen LogP contribution < -0.4 is 10.6 Å². The maximum Gasteiger partial charge on any atom is 0.271 e. The number of allylic oxidation sites excluding steroid dienone is 5. The van der Waals surface area contributed by atoms with Crippen molar-refractivity contribution in [2.45, 2.75) is 33.8 Å². The van der Waals surface area contributed by atoms with Gasteiger partial charge in [0.05, 0.1) is 25.6 Å². The molecule has 0 spiro atoms. The van der Waals surface area contributed by atoms with Gasteiger partial charge in [0.25, 0.3) is 5.91 Å². The van der Waals surface area contributed by atoms with Crippen LogP contribution in [0, 0.1) is 6.92 Å². The Hall–Kier alpha value is -3.60. The van der Waals surface area contributed by atoms with Gasteiger partial charge < -0.3 is 20.5 Å². The van der Waals surface area contributed by atoms with Gasteiger partial charge >= 0.3 is 0 Å². The third kappa shape index (κ3) is 10.4. The van der Waals surface area contributed by atoms with E-state index in [1.165, 1.54) is 41.8 Å². The Bertz CT molecular complexity index is 915. The molecule has 0 aliphatic carbocycles. The molecule has 0 aliphatic heterocycles. The molecule has 3 N–H and O–H groups in total. The number of aliphatic imine (C=N–C) groups is 1. The van der Waals surface area contributed by atoms with Gasteiger partial charge in [0.1, 0.15) is 18.0 Å². The number of nitrogens with zero attached hydrogens (tertiary/aromatic N) is 4. The van der Waals surface area contributed by atoms with Gasteiger partial charge in [-0.25, -0.2) is 14.1 Å². The summed E-state index contributed by atoms with van der Waals surface area (Å²) in [5.41, 5.74) is 0.275. The second-order valence-electron chi connectivity index (χ2n) is 6.79. The lowest BCUT2D eigenvalue weighted by Crippen LogP contribution is -2.34. The van der Waals surface area contributed by atoms with E-state index in [1.54, 1.807) is 13.8 Å². The summed E-state index contributed by atoms with van der Waals surface area (Å²) in [5, 5.41) is 18.6. The number of rotatable bonds is 13. The first-order valence-corrected chi connectivity index (χ1v) is 9.84. The minimum atomic E-state index is -0.770. The zero-order chi connectivity index (χ0) is 23.9. The van der Waals surface area contributed by atoms with Crippen molar-refractivity contribution in [1.29, 1.82) is 0 Å². The molecule has 1 heterocycles. The van der Waals surface area contributed by atoms with Gasteiger partial charge in [0.15, 0.2) is 17.7 Å². The van der Waals surface area contributed by atoms with Crippen LogP contribution >= 0.6 is 0 Å². The Balaban J connectivity index is 2.61. The molecular weight excluding hydrogens is 419 g/mol. The molecule has 0 radical (unpaired) electrons. The molecule has 0 fully saturated rings. The van der Waals surface area contributed by atoms with E-state index in [2.05, 4.69) is 25.7 Å². The number of hydrogen-bond donors (Lipinski definition) is 3. The molecule has 174 valence electrons. The van der Waals surface area contributed by atoms with Crippen molar-refractivity contribution >= 4 is 24.7 Å². The van der Waals surface area contributed by atoms with E-state index in [1.807, 2.05) is 13.8 Å². The molecule has 1 rings (SSSR count). The molecule has 1 aromatic heterocycles. The second-order valence-corrected chi connectivity index (χ2v) is 6.79. The molecular formula is C21H29FN6O4. The molecule has 1 aromatic rings. The molecule has 10 nitrogen and oxygen atoms in total. The van der Waals surface area contributed by atoms with Crippen molar-refractivity contribution < 1.29 is 23.8 Å². The zero-order valence-electron chi connectivity index (χ0n) is 18.6. The van der Waals surface area contributed by atoms with Crippen molar-refractivity contribution in [3.8, 4) is 0 Å². The van der Waals surface area contributed by atoms with Crippen molar-refractivity contribution in [2.75, 3.05) is 19.7 Å². The van der Waals surface area contributed by atoms with Gasteiger partial charge in [-0.15, -0.1) is 0 Å². The number of aliphatic hydroxyl groups excluding tert-OH is 1. The quantitative estimate of drug-likeness (QED) is 0.0800. The minimum absolute atomic E-state index is 0.0607. The van der Waals surface area contributed by atoms with Crippen LogP contribution in [0.25, 0.3) is 6.20 Å². The summed E-state index contributed by atoms with van der Waals surface area (Å²) in [4.78, 5) is 31.1. The second kappa shape index (κ2) is 14.4. The lowest BCUT2D eigenvalue weighted by atomic mass is 10.2. The summed E-state index contributed by atoms with van der Waals surface area (Å²) in [6.45, 7) is 8.00. The highest BCUT2D eigenvalue weighted by Gasteiger charge is 2.13. The lowest BCUT2D eigenvalue weighted by molar-refractivity contribution is -0.118. The molecule has 0 saturated carbocycles. The van der Waals surface area contributed by atoms with Crippen LogP contribution in [0.2, 0.25) is 0 Å². The summed E-state index contributed by atoms with van der Waals surface area (Å²) < 4.78 is 20.6. The standard InChI is InChI=1S/C21H29FN6O4/c1-15(2)32-10-8-23-13-26-20(19(30)12-29)21(31)24-11-16(3)5-6-18(22)7-9-28-17(4)25-14-27-28/h5-7,9,12-15,30H,8,10-11H2,1-4H3,(H,23,26)(H,24,31)/b9-7+,16-5+,18-6+,20-19+. The van der Waals surface area contributed by atoms with E-state index in [4.69, 9.17) is 4.74 Å². The molecule has 0 unspecified atom stereocenters. The largest absolute Gasteiger partial charge is 0.503 e. The Morgan fingerprint density at radius 2 is 2.16 bits per heavy atom. The topological polar surface area (TPSA) is 131 Å². The van der Waals surface area contributed by atoms with E-state index >= 15 is 0 Å². The number of aromatic nitrogens is 3. The fourth-order valence-corrected chi connectivity index (χ4v) is 2.07. The fraction of sp³-hybridized carbons (Fsp3) is 0.381. The zero-order valence-corrected chi connectivity index (χ0v) is 18.6. The van der Waals surface area contributed by atoms with Gasteiger partial charge in [-0.1, -0.05) is 11.6 Å². The lowest BCUT2D eigenvalue weighted by Gasteiger charge is -2.09. The van der Waals surface area contributed by atoms with E-state index in [0.29, 0.717) is 24.5 Å². The maximum absolute atomic E-state index is 13.9. The fourth-order valence-electron chi connectivity index (χ4n) is 2.07. The van der Waals surface area contributed by atoms with Crippen LogP contribution in [-0.2, 0) is 14.3 Å². The number of hydrogen-bond acceptors (Lipinski definition) is 7. The van der Waals surface area contributed by atoms with Gasteiger partial charge in [0.2, 0.25) is 0 Å². The normalized spacial score (nSPS) is 13.7. The van der Waals surface area contributed by atoms with Crippen LogP contribution in [-0.4, -0.2) is 64.2 Å². The Morgan fingerprint density at radius 3 is 2.78 bits per heavy atom. The Kier molecular flexibility index (Phi) is 11.9. The number of carbonyl (C=O) groups excluding carboxylic acids is 2. The van der Waals surface area contributed by atoms with Gasteiger partial charge in [0, 0.05) is 12.7 Å². The summed E-state index contributed by atoms with van der Waals surface area (Å²) in [6.07, 6.45) is 8.15. The SMILES string of the molecule is C\C(=C/C=C(F)\C=C\n1ncnc1C)CNC(=O)/C(NC=NCCOC(C)C)=C(\O)C=O. The van der Waals surface area contributed by atoms with E-state index < -0.39 is 17.5 Å². The first kappa shape index (κ1) is 26.4. The smallest absolute Gasteiger partial charge is 0.271 e. The number of amides is 1. The number of ether oxygens (including phenoxy) is 1. The predicted octanol–water partition coefficient (Wildman–Crippen LogP) is 1.98. The van der Waals surface area contributed by atoms with Gasteiger partial charge in [-0.3, -0.25) is 14.6 Å². The number of aryl methyl sites for hydroxylation is 1. The number of aldehydes is 1. The first-order chi connectivity index (χ1) is 15.2. The summed E-state index contributed by atoms with van der Waals surface area (Å²) >= 11 is 0. The van der Waals surface area contributed by atoms with Crippen molar-refractivity contribution in [2.24, 2.45) is 4.99 Å². The highest BCUT2D eigenvalue weighted by atomic mass is 19.1. The van der Waals surface area contributed by atoms with Crippen LogP contribution in [0.4, 0.5) is 4.39 Å². The van der Waals surface area contributed by atoms with Gasteiger partial charge in [-0.05, 0) is 39.8 Å². The molecule has 0 bridgehead atoms. The highest BCUT2D eigenvalue weighted by Crippen LogP contribution is 2.04. The molecule has 0 aromatic carbocycles. The average Bonchev–Trinajstić information content (AvgIpc) is 3.17. The molecule has 32 heavy (non-hydrogen) atoms. The highest BCUT2D eigenvalue weighted by molar-refractivity contribution is 5.99. The first-order valence-electron chi connectivity index (χ1n) is 9.84. The Labute approximate surface area is 186 Å². The molecule has 1 amide bonds. The third-order valence-corrected chi connectivity index (χ3v) is 3.75. The Morgan fingerprint density at radius 1 is 1.41 bits per heavy atom. The summed E-state index contributed by atoms with van der Waals surface area (Å²) in [5.74, 6) is -1.40. The molecule has 11 heteroatoms. The van der Waals surface area contributed by atoms with Crippen molar-refractivity contribution in [1.82, 2.24) is 25.4 Å². The molecule has 0 atom stereocenters. The van der Waals surface area contributed by atoms with Crippen LogP contribution in [0.15, 0.2) is 52.4 Å². The monoisotopic (exact) mass is 448 g/mol. The molecule has 0 aliphatic rings. The van der Waals surface area contributed by atoms with Crippen molar-refractivity contribution in [3.63, 3.8) is 0 Å². The number of nitrogens with one attached hydrogen (secondary N) is 2. The van der Waals surface area contributed by atoms with E-state index in [9.17, 15) is 19.1 Å². The van der Waals surface area contributed by atoms with Gasteiger partial charge in [-0.2, -0.15) is 5.10 Å². The molecule has 0 saturated heterocycles.